The van der Waals surface area contributed by atoms with Crippen molar-refractivity contribution in [2.24, 2.45) is 11.7 Å². The first-order valence-corrected chi connectivity index (χ1v) is 11.6. The van der Waals surface area contributed by atoms with Crippen LogP contribution in [0, 0.1) is 5.92 Å². The van der Waals surface area contributed by atoms with Crippen LogP contribution in [0.1, 0.15) is 37.5 Å². The van der Waals surface area contributed by atoms with Gasteiger partial charge in [-0.1, -0.05) is 56.3 Å². The minimum Gasteiger partial charge on any atom is -0.493 e. The number of ether oxygens (including phenoxy) is 2. The molecule has 0 aliphatic carbocycles. The van der Waals surface area contributed by atoms with Gasteiger partial charge in [-0.15, -0.1) is 0 Å². The largest absolute Gasteiger partial charge is 0.493 e. The van der Waals surface area contributed by atoms with Crippen molar-refractivity contribution >= 4 is 11.9 Å². The van der Waals surface area contributed by atoms with Gasteiger partial charge in [0.05, 0.1) is 12.3 Å². The van der Waals surface area contributed by atoms with Crippen LogP contribution in [0.4, 0.5) is 19.1 Å². The van der Waals surface area contributed by atoms with Crippen molar-refractivity contribution < 1.29 is 32.5 Å². The fourth-order valence-corrected chi connectivity index (χ4v) is 3.46. The van der Waals surface area contributed by atoms with Gasteiger partial charge in [-0.25, -0.2) is 4.98 Å². The van der Waals surface area contributed by atoms with Crippen LogP contribution in [0.15, 0.2) is 54.6 Å². The van der Waals surface area contributed by atoms with Crippen LogP contribution >= 0.6 is 0 Å². The quantitative estimate of drug-likeness (QED) is 0.330. The Labute approximate surface area is 212 Å². The number of carboxylic acids is 1. The van der Waals surface area contributed by atoms with E-state index in [-0.39, 0.29) is 41.9 Å². The molecule has 0 fully saturated rings. The molecule has 2 aromatic carbocycles. The monoisotopic (exact) mass is 518 g/mol. The number of rotatable bonds is 11. The highest BCUT2D eigenvalue weighted by Crippen LogP contribution is 2.40. The van der Waals surface area contributed by atoms with Gasteiger partial charge in [0, 0.05) is 17.2 Å². The molecule has 0 aliphatic heterocycles. The van der Waals surface area contributed by atoms with Crippen LogP contribution in [0.3, 0.4) is 0 Å². The van der Waals surface area contributed by atoms with E-state index in [0.717, 1.165) is 0 Å². The van der Waals surface area contributed by atoms with Crippen LogP contribution in [-0.2, 0) is 11.2 Å². The van der Waals surface area contributed by atoms with E-state index in [1.807, 2.05) is 13.8 Å². The van der Waals surface area contributed by atoms with Gasteiger partial charge in [0.2, 0.25) is 17.9 Å². The number of nitrogen functional groups attached to an aromatic ring is 1. The fraction of sp³-hybridized carbons (Fsp3) is 0.346. The van der Waals surface area contributed by atoms with E-state index in [4.69, 9.17) is 26.0 Å². The van der Waals surface area contributed by atoms with E-state index in [9.17, 15) is 18.0 Å². The van der Waals surface area contributed by atoms with E-state index in [1.165, 1.54) is 24.3 Å². The van der Waals surface area contributed by atoms with Crippen LogP contribution in [0.2, 0.25) is 0 Å². The van der Waals surface area contributed by atoms with E-state index < -0.39 is 24.3 Å². The molecule has 0 saturated heterocycles. The third-order valence-electron chi connectivity index (χ3n) is 5.43. The highest BCUT2D eigenvalue weighted by Gasteiger charge is 2.45. The van der Waals surface area contributed by atoms with Gasteiger partial charge in [-0.05, 0) is 30.4 Å². The van der Waals surface area contributed by atoms with E-state index in [1.54, 1.807) is 30.3 Å². The first-order valence-electron chi connectivity index (χ1n) is 11.6. The van der Waals surface area contributed by atoms with Crippen molar-refractivity contribution in [3.8, 4) is 22.9 Å². The summed E-state index contributed by atoms with van der Waals surface area (Å²) in [5, 5.41) is 8.97. The minimum absolute atomic E-state index is 0.0721. The predicted molar refractivity (Wildman–Crippen MR) is 132 cm³/mol. The lowest BCUT2D eigenvalue weighted by atomic mass is 10.0. The lowest BCUT2D eigenvalue weighted by Crippen LogP contribution is -2.32. The summed E-state index contributed by atoms with van der Waals surface area (Å²) in [5.41, 5.74) is 12.6. The molecular weight excluding hydrogens is 489 g/mol. The lowest BCUT2D eigenvalue weighted by molar-refractivity contribution is -0.199. The number of para-hydroxylation sites is 1. The number of hydrogen-bond acceptors (Lipinski definition) is 7. The molecule has 0 saturated carbocycles. The summed E-state index contributed by atoms with van der Waals surface area (Å²) in [4.78, 5) is 18.9. The second-order valence-corrected chi connectivity index (χ2v) is 8.90. The highest BCUT2D eigenvalue weighted by molar-refractivity contribution is 5.73. The Morgan fingerprint density at radius 1 is 1.08 bits per heavy atom. The Balaban J connectivity index is 1.88. The Hall–Kier alpha value is -3.86. The van der Waals surface area contributed by atoms with Gasteiger partial charge in [-0.2, -0.15) is 18.2 Å². The first kappa shape index (κ1) is 27.7. The SMILES string of the molecule is CC(C)CCOc1ccccc1C(Oc1cc(-c2ccc(C[C@H](N)C(=O)O)cc2)nc(N)n1)C(F)(F)F. The summed E-state index contributed by atoms with van der Waals surface area (Å²) in [6.07, 6.45) is -6.34. The number of halogens is 3. The molecule has 37 heavy (non-hydrogen) atoms. The van der Waals surface area contributed by atoms with Crippen LogP contribution in [-0.4, -0.2) is 39.9 Å². The zero-order chi connectivity index (χ0) is 27.2. The Kier molecular flexibility index (Phi) is 8.93. The molecule has 0 aliphatic rings. The number of carboxylic acid groups (broad SMARTS) is 1. The van der Waals surface area contributed by atoms with Crippen molar-refractivity contribution in [3.63, 3.8) is 0 Å². The molecule has 0 amide bonds. The third-order valence-corrected chi connectivity index (χ3v) is 5.43. The number of nitrogens with two attached hydrogens (primary N) is 2. The topological polar surface area (TPSA) is 134 Å². The molecule has 1 heterocycles. The molecular formula is C26H29F3N4O4. The predicted octanol–water partition coefficient (Wildman–Crippen LogP) is 4.79. The summed E-state index contributed by atoms with van der Waals surface area (Å²) in [5.74, 6) is -1.36. The van der Waals surface area contributed by atoms with Gasteiger partial charge in [0.1, 0.15) is 11.8 Å². The van der Waals surface area contributed by atoms with E-state index in [2.05, 4.69) is 9.97 Å². The molecule has 0 radical (unpaired) electrons. The molecule has 5 N–H and O–H groups in total. The number of alkyl halides is 3. The van der Waals surface area contributed by atoms with Gasteiger partial charge < -0.3 is 26.0 Å². The maximum atomic E-state index is 14.1. The maximum absolute atomic E-state index is 14.1. The number of aromatic nitrogens is 2. The maximum Gasteiger partial charge on any atom is 0.429 e. The molecule has 8 nitrogen and oxygen atoms in total. The number of hydrogen-bond donors (Lipinski definition) is 3. The number of nitrogens with zero attached hydrogens (tertiary/aromatic N) is 2. The lowest BCUT2D eigenvalue weighted by Gasteiger charge is -2.24. The molecule has 1 unspecified atom stereocenters. The van der Waals surface area contributed by atoms with Crippen molar-refractivity contribution in [1.82, 2.24) is 9.97 Å². The van der Waals surface area contributed by atoms with E-state index >= 15 is 0 Å². The van der Waals surface area contributed by atoms with Crippen molar-refractivity contribution in [2.75, 3.05) is 12.3 Å². The molecule has 11 heteroatoms. The number of benzene rings is 2. The van der Waals surface area contributed by atoms with Crippen molar-refractivity contribution in [2.45, 2.75) is 45.0 Å². The average molecular weight is 519 g/mol. The Morgan fingerprint density at radius 2 is 1.76 bits per heavy atom. The Morgan fingerprint density at radius 3 is 2.38 bits per heavy atom. The second-order valence-electron chi connectivity index (χ2n) is 8.90. The van der Waals surface area contributed by atoms with Crippen LogP contribution < -0.4 is 20.9 Å². The average Bonchev–Trinajstić information content (AvgIpc) is 2.82. The van der Waals surface area contributed by atoms with Gasteiger partial charge in [0.25, 0.3) is 0 Å². The van der Waals surface area contributed by atoms with Gasteiger partial charge in [0.15, 0.2) is 0 Å². The number of carbonyl (C=O) groups is 1. The first-order chi connectivity index (χ1) is 17.4. The molecule has 3 aromatic rings. The highest BCUT2D eigenvalue weighted by atomic mass is 19.4. The zero-order valence-corrected chi connectivity index (χ0v) is 20.4. The molecule has 198 valence electrons. The van der Waals surface area contributed by atoms with Crippen LogP contribution in [0.5, 0.6) is 11.6 Å². The summed E-state index contributed by atoms with van der Waals surface area (Å²) in [6, 6.07) is 12.6. The normalized spacial score (nSPS) is 13.3. The third kappa shape index (κ3) is 7.81. The summed E-state index contributed by atoms with van der Waals surface area (Å²) < 4.78 is 53.4. The summed E-state index contributed by atoms with van der Waals surface area (Å²) in [7, 11) is 0. The minimum atomic E-state index is -4.78. The van der Waals surface area contributed by atoms with Crippen molar-refractivity contribution in [3.05, 3.63) is 65.7 Å². The smallest absolute Gasteiger partial charge is 0.429 e. The van der Waals surface area contributed by atoms with Crippen molar-refractivity contribution in [1.29, 1.82) is 0 Å². The molecule has 2 atom stereocenters. The number of anilines is 1. The molecule has 1 aromatic heterocycles. The zero-order valence-electron chi connectivity index (χ0n) is 20.4. The standard InChI is InChI=1S/C26H29F3N4O4/c1-15(2)11-12-36-21-6-4-3-5-18(21)23(26(27,28)29)37-22-14-20(32-25(31)33-22)17-9-7-16(8-10-17)13-19(30)24(34)35/h3-10,14-15,19,23H,11-13,30H2,1-2H3,(H,34,35)(H2,31,32,33)/t19-,23?/m0/s1. The second kappa shape index (κ2) is 11.9. The Bertz CT molecular complexity index is 1200. The molecule has 0 spiro atoms. The summed E-state index contributed by atoms with van der Waals surface area (Å²) >= 11 is 0. The summed E-state index contributed by atoms with van der Waals surface area (Å²) in [6.45, 7) is 4.25. The molecule has 3 rings (SSSR count). The molecule has 0 bridgehead atoms. The fourth-order valence-electron chi connectivity index (χ4n) is 3.46. The van der Waals surface area contributed by atoms with Gasteiger partial charge in [-0.3, -0.25) is 4.79 Å². The van der Waals surface area contributed by atoms with Gasteiger partial charge >= 0.3 is 12.1 Å². The van der Waals surface area contributed by atoms with Crippen LogP contribution in [0.25, 0.3) is 11.3 Å². The van der Waals surface area contributed by atoms with E-state index in [0.29, 0.717) is 23.5 Å². The number of aliphatic carboxylic acids is 1.